The molecule has 1 fully saturated rings. The van der Waals surface area contributed by atoms with Crippen molar-refractivity contribution >= 4 is 11.9 Å². The maximum atomic E-state index is 12.5. The first-order valence-electron chi connectivity index (χ1n) is 7.66. The Balaban J connectivity index is 2.75. The molecule has 1 aliphatic heterocycles. The second kappa shape index (κ2) is 7.62. The van der Waals surface area contributed by atoms with Crippen molar-refractivity contribution < 1.29 is 14.7 Å². The smallest absolute Gasteiger partial charge is 0.322 e. The SMILES string of the molecule is CCCCCC(C)[C@@]1(C(=O)NCC(=O)O)CCCN1C. The van der Waals surface area contributed by atoms with Crippen LogP contribution in [0.25, 0.3) is 0 Å². The summed E-state index contributed by atoms with van der Waals surface area (Å²) in [5, 5.41) is 11.3. The standard InChI is InChI=1S/C15H28N2O3/c1-4-5-6-8-12(2)15(9-7-10-17(15)3)14(20)16-11-13(18)19/h12H,4-11H2,1-3H3,(H,16,20)(H,18,19)/t12?,15-/m1/s1. The maximum absolute atomic E-state index is 12.5. The summed E-state index contributed by atoms with van der Waals surface area (Å²) in [5.41, 5.74) is -0.525. The van der Waals surface area contributed by atoms with Gasteiger partial charge in [-0.05, 0) is 38.8 Å². The molecule has 1 heterocycles. The fourth-order valence-electron chi connectivity index (χ4n) is 3.36. The van der Waals surface area contributed by atoms with Gasteiger partial charge in [-0.15, -0.1) is 0 Å². The Morgan fingerprint density at radius 3 is 2.60 bits per heavy atom. The first-order valence-corrected chi connectivity index (χ1v) is 7.66. The van der Waals surface area contributed by atoms with E-state index in [1.165, 1.54) is 12.8 Å². The second-order valence-electron chi connectivity index (χ2n) is 5.92. The number of aliphatic carboxylic acids is 1. The Bertz CT molecular complexity index is 346. The number of likely N-dealkylation sites (N-methyl/N-ethyl adjacent to an activating group) is 1. The zero-order valence-electron chi connectivity index (χ0n) is 12.9. The number of rotatable bonds is 8. The molecule has 116 valence electrons. The van der Waals surface area contributed by atoms with Crippen LogP contribution in [0.5, 0.6) is 0 Å². The Morgan fingerprint density at radius 1 is 1.40 bits per heavy atom. The van der Waals surface area contributed by atoms with Gasteiger partial charge >= 0.3 is 5.97 Å². The van der Waals surface area contributed by atoms with E-state index in [0.29, 0.717) is 0 Å². The molecular weight excluding hydrogens is 256 g/mol. The molecule has 5 nitrogen and oxygen atoms in total. The van der Waals surface area contributed by atoms with Gasteiger partial charge in [-0.2, -0.15) is 0 Å². The van der Waals surface area contributed by atoms with Crippen molar-refractivity contribution in [3.8, 4) is 0 Å². The molecule has 0 aromatic heterocycles. The van der Waals surface area contributed by atoms with Crippen LogP contribution in [-0.2, 0) is 9.59 Å². The quantitative estimate of drug-likeness (QED) is 0.668. The van der Waals surface area contributed by atoms with Crippen LogP contribution >= 0.6 is 0 Å². The van der Waals surface area contributed by atoms with Crippen LogP contribution in [0.15, 0.2) is 0 Å². The molecule has 1 aliphatic rings. The van der Waals surface area contributed by atoms with E-state index < -0.39 is 11.5 Å². The van der Waals surface area contributed by atoms with Crippen LogP contribution in [-0.4, -0.2) is 47.6 Å². The van der Waals surface area contributed by atoms with E-state index in [1.54, 1.807) is 0 Å². The Labute approximate surface area is 121 Å². The fourth-order valence-corrected chi connectivity index (χ4v) is 3.36. The highest BCUT2D eigenvalue weighted by atomic mass is 16.4. The predicted octanol–water partition coefficient (Wildman–Crippen LogP) is 1.87. The molecule has 0 aromatic carbocycles. The van der Waals surface area contributed by atoms with Crippen molar-refractivity contribution in [3.05, 3.63) is 0 Å². The monoisotopic (exact) mass is 284 g/mol. The van der Waals surface area contributed by atoms with Gasteiger partial charge in [0.25, 0.3) is 0 Å². The van der Waals surface area contributed by atoms with Crippen molar-refractivity contribution in [1.82, 2.24) is 10.2 Å². The largest absolute Gasteiger partial charge is 0.480 e. The van der Waals surface area contributed by atoms with E-state index in [1.807, 2.05) is 7.05 Å². The third kappa shape index (κ3) is 3.72. The van der Waals surface area contributed by atoms with Gasteiger partial charge in [0.15, 0.2) is 0 Å². The molecule has 2 N–H and O–H groups in total. The maximum Gasteiger partial charge on any atom is 0.322 e. The summed E-state index contributed by atoms with van der Waals surface area (Å²) in [6, 6.07) is 0. The molecule has 1 unspecified atom stereocenters. The van der Waals surface area contributed by atoms with E-state index in [0.717, 1.165) is 32.2 Å². The number of likely N-dealkylation sites (tertiary alicyclic amines) is 1. The molecule has 0 bridgehead atoms. The molecule has 1 saturated heterocycles. The van der Waals surface area contributed by atoms with Crippen LogP contribution in [0.3, 0.4) is 0 Å². The summed E-state index contributed by atoms with van der Waals surface area (Å²) in [5.74, 6) is -0.868. The van der Waals surface area contributed by atoms with Gasteiger partial charge in [0.2, 0.25) is 5.91 Å². The Morgan fingerprint density at radius 2 is 2.10 bits per heavy atom. The number of amides is 1. The van der Waals surface area contributed by atoms with Crippen LogP contribution in [0.2, 0.25) is 0 Å². The molecule has 0 spiro atoms. The van der Waals surface area contributed by atoms with Gasteiger partial charge in [-0.25, -0.2) is 0 Å². The van der Waals surface area contributed by atoms with Gasteiger partial charge < -0.3 is 10.4 Å². The van der Waals surface area contributed by atoms with E-state index >= 15 is 0 Å². The molecule has 0 saturated carbocycles. The van der Waals surface area contributed by atoms with Gasteiger partial charge in [-0.3, -0.25) is 14.5 Å². The fraction of sp³-hybridized carbons (Fsp3) is 0.867. The average Bonchev–Trinajstić information content (AvgIpc) is 2.79. The number of carboxylic acid groups (broad SMARTS) is 1. The minimum atomic E-state index is -0.993. The van der Waals surface area contributed by atoms with E-state index in [-0.39, 0.29) is 18.4 Å². The number of carbonyl (C=O) groups excluding carboxylic acids is 1. The lowest BCUT2D eigenvalue weighted by atomic mass is 9.79. The number of carbonyl (C=O) groups is 2. The molecule has 0 aliphatic carbocycles. The molecular formula is C15H28N2O3. The van der Waals surface area contributed by atoms with Crippen molar-refractivity contribution in [2.45, 2.75) is 57.9 Å². The van der Waals surface area contributed by atoms with Gasteiger partial charge in [-0.1, -0.05) is 33.1 Å². The van der Waals surface area contributed by atoms with Crippen molar-refractivity contribution in [2.75, 3.05) is 20.1 Å². The first kappa shape index (κ1) is 17.0. The summed E-state index contributed by atoms with van der Waals surface area (Å²) in [6.45, 7) is 4.90. The molecule has 1 rings (SSSR count). The van der Waals surface area contributed by atoms with E-state index in [9.17, 15) is 9.59 Å². The van der Waals surface area contributed by atoms with Crippen molar-refractivity contribution in [3.63, 3.8) is 0 Å². The summed E-state index contributed by atoms with van der Waals surface area (Å²) in [6.07, 6.45) is 6.30. The summed E-state index contributed by atoms with van der Waals surface area (Å²) in [7, 11) is 1.98. The number of hydrogen-bond acceptors (Lipinski definition) is 3. The lowest BCUT2D eigenvalue weighted by Gasteiger charge is -2.40. The molecule has 2 atom stereocenters. The van der Waals surface area contributed by atoms with Gasteiger partial charge in [0.05, 0.1) is 0 Å². The van der Waals surface area contributed by atoms with Gasteiger partial charge in [0, 0.05) is 0 Å². The van der Waals surface area contributed by atoms with Crippen LogP contribution < -0.4 is 5.32 Å². The van der Waals surface area contributed by atoms with Crippen LogP contribution in [0, 0.1) is 5.92 Å². The summed E-state index contributed by atoms with van der Waals surface area (Å²) >= 11 is 0. The topological polar surface area (TPSA) is 69.6 Å². The van der Waals surface area contributed by atoms with Crippen LogP contribution in [0.4, 0.5) is 0 Å². The third-order valence-electron chi connectivity index (χ3n) is 4.58. The number of carboxylic acids is 1. The summed E-state index contributed by atoms with van der Waals surface area (Å²) < 4.78 is 0. The Kier molecular flexibility index (Phi) is 6.46. The average molecular weight is 284 g/mol. The normalized spacial score (nSPS) is 24.6. The molecule has 0 radical (unpaired) electrons. The lowest BCUT2D eigenvalue weighted by molar-refractivity contribution is -0.141. The van der Waals surface area contributed by atoms with E-state index in [4.69, 9.17) is 5.11 Å². The minimum absolute atomic E-state index is 0.121. The predicted molar refractivity (Wildman–Crippen MR) is 78.5 cm³/mol. The zero-order valence-corrected chi connectivity index (χ0v) is 12.9. The number of unbranched alkanes of at least 4 members (excludes halogenated alkanes) is 2. The van der Waals surface area contributed by atoms with E-state index in [2.05, 4.69) is 24.1 Å². The van der Waals surface area contributed by atoms with Crippen molar-refractivity contribution in [1.29, 1.82) is 0 Å². The first-order chi connectivity index (χ1) is 9.45. The molecule has 20 heavy (non-hydrogen) atoms. The molecule has 5 heteroatoms. The minimum Gasteiger partial charge on any atom is -0.480 e. The molecule has 0 aromatic rings. The number of nitrogens with zero attached hydrogens (tertiary/aromatic N) is 1. The third-order valence-corrected chi connectivity index (χ3v) is 4.58. The highest BCUT2D eigenvalue weighted by Gasteiger charge is 2.49. The van der Waals surface area contributed by atoms with Crippen molar-refractivity contribution in [2.24, 2.45) is 5.92 Å². The number of nitrogens with one attached hydrogen (secondary N) is 1. The Hall–Kier alpha value is -1.10. The van der Waals surface area contributed by atoms with Gasteiger partial charge in [0.1, 0.15) is 12.1 Å². The highest BCUT2D eigenvalue weighted by molar-refractivity contribution is 5.89. The molecule has 1 amide bonds. The second-order valence-corrected chi connectivity index (χ2v) is 5.92. The highest BCUT2D eigenvalue weighted by Crippen LogP contribution is 2.37. The zero-order chi connectivity index (χ0) is 15.2. The number of hydrogen-bond donors (Lipinski definition) is 2. The lowest BCUT2D eigenvalue weighted by Crippen LogP contribution is -2.58. The van der Waals surface area contributed by atoms with Crippen LogP contribution in [0.1, 0.15) is 52.4 Å². The summed E-state index contributed by atoms with van der Waals surface area (Å²) in [4.78, 5) is 25.3.